The fourth-order valence-electron chi connectivity index (χ4n) is 1.85. The third-order valence-corrected chi connectivity index (χ3v) is 4.73. The van der Waals surface area contributed by atoms with Gasteiger partial charge in [-0.3, -0.25) is 4.72 Å². The molecule has 0 saturated carbocycles. The lowest BCUT2D eigenvalue weighted by molar-refractivity contribution is 0.415. The lowest BCUT2D eigenvalue weighted by Gasteiger charge is -2.09. The maximum Gasteiger partial charge on any atom is 0.261 e. The van der Waals surface area contributed by atoms with E-state index in [0.29, 0.717) is 11.4 Å². The average Bonchev–Trinajstić information content (AvgIpc) is 2.48. The molecule has 0 aliphatic rings. The first-order chi connectivity index (χ1) is 10.0. The number of nitrogens with one attached hydrogen (secondary N) is 1. The van der Waals surface area contributed by atoms with Crippen molar-refractivity contribution >= 4 is 31.6 Å². The highest BCUT2D eigenvalue weighted by Crippen LogP contribution is 2.21. The molecule has 0 fully saturated rings. The Hall–Kier alpha value is -1.53. The van der Waals surface area contributed by atoms with E-state index in [2.05, 4.69) is 20.7 Å². The van der Waals surface area contributed by atoms with Crippen molar-refractivity contribution in [2.24, 2.45) is 0 Å². The van der Waals surface area contributed by atoms with E-state index in [1.807, 2.05) is 12.1 Å². The Kier molecular flexibility index (Phi) is 5.25. The molecule has 0 heterocycles. The number of alkyl halides is 1. The smallest absolute Gasteiger partial charge is 0.261 e. The van der Waals surface area contributed by atoms with Gasteiger partial charge in [0.2, 0.25) is 0 Å². The van der Waals surface area contributed by atoms with E-state index in [9.17, 15) is 8.42 Å². The zero-order valence-corrected chi connectivity index (χ0v) is 13.9. The number of halogens is 1. The summed E-state index contributed by atoms with van der Waals surface area (Å²) in [5.41, 5.74) is 1.56. The first-order valence-corrected chi connectivity index (χ1v) is 8.97. The van der Waals surface area contributed by atoms with Crippen LogP contribution >= 0.6 is 15.9 Å². The second-order valence-electron chi connectivity index (χ2n) is 4.42. The predicted molar refractivity (Wildman–Crippen MR) is 87.7 cm³/mol. The molecular weight excluding hydrogens is 354 g/mol. The van der Waals surface area contributed by atoms with Crippen molar-refractivity contribution in [2.45, 2.75) is 11.3 Å². The summed E-state index contributed by atoms with van der Waals surface area (Å²) in [7, 11) is -2.05. The van der Waals surface area contributed by atoms with Gasteiger partial charge in [0.25, 0.3) is 10.0 Å². The SMILES string of the molecule is COc1cccc(NS(=O)(=O)c2ccc(CCBr)cc2)c1. The van der Waals surface area contributed by atoms with E-state index in [-0.39, 0.29) is 4.90 Å². The number of hydrogen-bond acceptors (Lipinski definition) is 3. The summed E-state index contributed by atoms with van der Waals surface area (Å²) in [5.74, 6) is 0.600. The summed E-state index contributed by atoms with van der Waals surface area (Å²) in [6, 6.07) is 13.7. The minimum atomic E-state index is -3.59. The van der Waals surface area contributed by atoms with Crippen LogP contribution in [0.4, 0.5) is 5.69 Å². The summed E-state index contributed by atoms with van der Waals surface area (Å²) >= 11 is 3.36. The van der Waals surface area contributed by atoms with Crippen molar-refractivity contribution in [3.63, 3.8) is 0 Å². The van der Waals surface area contributed by atoms with Gasteiger partial charge in [0.15, 0.2) is 0 Å². The normalized spacial score (nSPS) is 11.1. The van der Waals surface area contributed by atoms with Crippen molar-refractivity contribution < 1.29 is 13.2 Å². The summed E-state index contributed by atoms with van der Waals surface area (Å²) < 4.78 is 32.2. The number of rotatable bonds is 6. The molecule has 0 radical (unpaired) electrons. The molecule has 0 saturated heterocycles. The molecule has 0 unspecified atom stereocenters. The summed E-state index contributed by atoms with van der Waals surface area (Å²) in [6.45, 7) is 0. The molecule has 0 aromatic heterocycles. The van der Waals surface area contributed by atoms with Crippen LogP contribution in [0, 0.1) is 0 Å². The fraction of sp³-hybridized carbons (Fsp3) is 0.200. The van der Waals surface area contributed by atoms with Crippen LogP contribution in [0.3, 0.4) is 0 Å². The predicted octanol–water partition coefficient (Wildman–Crippen LogP) is 3.43. The van der Waals surface area contributed by atoms with Gasteiger partial charge in [-0.15, -0.1) is 0 Å². The Balaban J connectivity index is 2.21. The van der Waals surface area contributed by atoms with Crippen LogP contribution in [0.15, 0.2) is 53.4 Å². The first-order valence-electron chi connectivity index (χ1n) is 6.37. The molecule has 21 heavy (non-hydrogen) atoms. The highest BCUT2D eigenvalue weighted by atomic mass is 79.9. The van der Waals surface area contributed by atoms with E-state index in [4.69, 9.17) is 4.74 Å². The largest absolute Gasteiger partial charge is 0.497 e. The van der Waals surface area contributed by atoms with Gasteiger partial charge in [-0.25, -0.2) is 8.42 Å². The van der Waals surface area contributed by atoms with Crippen molar-refractivity contribution in [1.82, 2.24) is 0 Å². The van der Waals surface area contributed by atoms with E-state index < -0.39 is 10.0 Å². The van der Waals surface area contributed by atoms with Crippen LogP contribution < -0.4 is 9.46 Å². The third-order valence-electron chi connectivity index (χ3n) is 2.94. The number of aryl methyl sites for hydroxylation is 1. The molecule has 2 rings (SSSR count). The number of anilines is 1. The van der Waals surface area contributed by atoms with E-state index in [1.165, 1.54) is 7.11 Å². The fourth-order valence-corrected chi connectivity index (χ4v) is 3.35. The molecule has 0 aliphatic carbocycles. The molecule has 6 heteroatoms. The molecule has 2 aromatic rings. The molecule has 0 spiro atoms. The van der Waals surface area contributed by atoms with Gasteiger partial charge in [0.1, 0.15) is 5.75 Å². The van der Waals surface area contributed by atoms with Crippen molar-refractivity contribution in [3.8, 4) is 5.75 Å². The van der Waals surface area contributed by atoms with Gasteiger partial charge >= 0.3 is 0 Å². The Morgan fingerprint density at radius 3 is 2.48 bits per heavy atom. The van der Waals surface area contributed by atoms with Crippen LogP contribution in [0.25, 0.3) is 0 Å². The zero-order valence-electron chi connectivity index (χ0n) is 11.5. The summed E-state index contributed by atoms with van der Waals surface area (Å²) in [6.07, 6.45) is 0.865. The summed E-state index contributed by atoms with van der Waals surface area (Å²) in [5, 5.41) is 0.848. The monoisotopic (exact) mass is 369 g/mol. The van der Waals surface area contributed by atoms with Gasteiger partial charge in [0.05, 0.1) is 17.7 Å². The number of ether oxygens (including phenoxy) is 1. The van der Waals surface area contributed by atoms with Crippen molar-refractivity contribution in [3.05, 3.63) is 54.1 Å². The van der Waals surface area contributed by atoms with E-state index in [0.717, 1.165) is 17.3 Å². The Bertz CT molecular complexity index is 699. The lowest BCUT2D eigenvalue weighted by atomic mass is 10.2. The molecule has 4 nitrogen and oxygen atoms in total. The van der Waals surface area contributed by atoms with Crippen LogP contribution in [-0.2, 0) is 16.4 Å². The molecule has 112 valence electrons. The third kappa shape index (κ3) is 4.22. The van der Waals surface area contributed by atoms with Crippen molar-refractivity contribution in [2.75, 3.05) is 17.2 Å². The van der Waals surface area contributed by atoms with Crippen LogP contribution in [0.1, 0.15) is 5.56 Å². The Morgan fingerprint density at radius 1 is 1.14 bits per heavy atom. The highest BCUT2D eigenvalue weighted by Gasteiger charge is 2.14. The van der Waals surface area contributed by atoms with Gasteiger partial charge in [-0.1, -0.05) is 34.1 Å². The summed E-state index contributed by atoms with van der Waals surface area (Å²) in [4.78, 5) is 0.239. The molecule has 1 N–H and O–H groups in total. The van der Waals surface area contributed by atoms with E-state index in [1.54, 1.807) is 36.4 Å². The average molecular weight is 370 g/mol. The number of sulfonamides is 1. The number of methoxy groups -OCH3 is 1. The Labute approximate surface area is 133 Å². The lowest BCUT2D eigenvalue weighted by Crippen LogP contribution is -2.13. The minimum Gasteiger partial charge on any atom is -0.497 e. The first kappa shape index (κ1) is 15.9. The molecule has 0 bridgehead atoms. The molecule has 2 aromatic carbocycles. The van der Waals surface area contributed by atoms with Gasteiger partial charge in [-0.05, 0) is 36.2 Å². The van der Waals surface area contributed by atoms with Crippen molar-refractivity contribution in [1.29, 1.82) is 0 Å². The Morgan fingerprint density at radius 2 is 1.86 bits per heavy atom. The maximum absolute atomic E-state index is 12.3. The minimum absolute atomic E-state index is 0.239. The van der Waals surface area contributed by atoms with Crippen LogP contribution in [-0.4, -0.2) is 20.9 Å². The molecular formula is C15H16BrNO3S. The van der Waals surface area contributed by atoms with Gasteiger partial charge < -0.3 is 4.74 Å². The molecule has 0 atom stereocenters. The highest BCUT2D eigenvalue weighted by molar-refractivity contribution is 9.09. The quantitative estimate of drug-likeness (QED) is 0.793. The van der Waals surface area contributed by atoms with E-state index >= 15 is 0 Å². The topological polar surface area (TPSA) is 55.4 Å². The molecule has 0 aliphatic heterocycles. The maximum atomic E-state index is 12.3. The second-order valence-corrected chi connectivity index (χ2v) is 6.90. The van der Waals surface area contributed by atoms with Gasteiger partial charge in [0, 0.05) is 11.4 Å². The number of hydrogen-bond donors (Lipinski definition) is 1. The molecule has 0 amide bonds. The number of benzene rings is 2. The van der Waals surface area contributed by atoms with Crippen LogP contribution in [0.2, 0.25) is 0 Å². The van der Waals surface area contributed by atoms with Crippen LogP contribution in [0.5, 0.6) is 5.75 Å². The second kappa shape index (κ2) is 6.95. The standard InChI is InChI=1S/C15H16BrNO3S/c1-20-14-4-2-3-13(11-14)17-21(18,19)15-7-5-12(6-8-15)9-10-16/h2-8,11,17H,9-10H2,1H3. The zero-order chi connectivity index (χ0) is 15.3. The van der Waals surface area contributed by atoms with Gasteiger partial charge in [-0.2, -0.15) is 0 Å².